The Hall–Kier alpha value is -0.0800. The van der Waals surface area contributed by atoms with E-state index >= 15 is 0 Å². The first kappa shape index (κ1) is 12.9. The van der Waals surface area contributed by atoms with Gasteiger partial charge in [0.2, 0.25) is 0 Å². The fraction of sp³-hybridized carbons (Fsp3) is 1.00. The van der Waals surface area contributed by atoms with Crippen molar-refractivity contribution in [2.75, 3.05) is 6.61 Å². The maximum Gasteiger partial charge on any atom is 0.0540 e. The molecule has 2 N–H and O–H groups in total. The molecule has 0 aliphatic rings. The molecule has 2 heteroatoms. The third kappa shape index (κ3) is 7.03. The lowest BCUT2D eigenvalue weighted by molar-refractivity contribution is 0.115. The molecule has 2 unspecified atom stereocenters. The molecule has 0 amide bonds. The molecule has 0 aromatic heterocycles. The van der Waals surface area contributed by atoms with E-state index in [1.807, 2.05) is 6.92 Å². The molecule has 13 heavy (non-hydrogen) atoms. The highest BCUT2D eigenvalue weighted by molar-refractivity contribution is 4.62. The van der Waals surface area contributed by atoms with Crippen LogP contribution in [0.3, 0.4) is 0 Å². The first-order chi connectivity index (χ1) is 6.22. The van der Waals surface area contributed by atoms with Gasteiger partial charge in [-0.25, -0.2) is 0 Å². The Balaban J connectivity index is 3.28. The molecule has 0 fully saturated rings. The molecule has 2 nitrogen and oxygen atoms in total. The smallest absolute Gasteiger partial charge is 0.0540 e. The Morgan fingerprint density at radius 3 is 2.15 bits per heavy atom. The summed E-state index contributed by atoms with van der Waals surface area (Å²) in [6.07, 6.45) is 6.44. The number of aliphatic hydroxyl groups excluding tert-OH is 2. The lowest BCUT2D eigenvalue weighted by atomic mass is 9.94. The second kappa shape index (κ2) is 8.52. The van der Waals surface area contributed by atoms with Crippen LogP contribution in [0.1, 0.15) is 52.4 Å². The van der Waals surface area contributed by atoms with E-state index < -0.39 is 0 Å². The number of hydrogen-bond acceptors (Lipinski definition) is 2. The van der Waals surface area contributed by atoms with Gasteiger partial charge in [0.25, 0.3) is 0 Å². The zero-order valence-corrected chi connectivity index (χ0v) is 9.00. The van der Waals surface area contributed by atoms with Gasteiger partial charge in [-0.15, -0.1) is 0 Å². The van der Waals surface area contributed by atoms with Crippen molar-refractivity contribution >= 4 is 0 Å². The van der Waals surface area contributed by atoms with Crippen LogP contribution in [0.15, 0.2) is 0 Å². The van der Waals surface area contributed by atoms with Gasteiger partial charge in [-0.1, -0.05) is 32.6 Å². The molecule has 0 rings (SSSR count). The Morgan fingerprint density at radius 2 is 1.69 bits per heavy atom. The van der Waals surface area contributed by atoms with Crippen molar-refractivity contribution in [2.24, 2.45) is 5.92 Å². The second-order valence-corrected chi connectivity index (χ2v) is 3.84. The van der Waals surface area contributed by atoms with Crippen LogP contribution in [0, 0.1) is 5.92 Å². The fourth-order valence-corrected chi connectivity index (χ4v) is 1.66. The summed E-state index contributed by atoms with van der Waals surface area (Å²) in [6, 6.07) is 0. The molecule has 0 aromatic rings. The van der Waals surface area contributed by atoms with Gasteiger partial charge in [0.05, 0.1) is 6.10 Å². The van der Waals surface area contributed by atoms with E-state index in [2.05, 4.69) is 6.92 Å². The highest BCUT2D eigenvalue weighted by Crippen LogP contribution is 2.17. The van der Waals surface area contributed by atoms with Crippen molar-refractivity contribution in [3.8, 4) is 0 Å². The third-order valence-electron chi connectivity index (χ3n) is 2.69. The van der Waals surface area contributed by atoms with Crippen LogP contribution in [0.25, 0.3) is 0 Å². The summed E-state index contributed by atoms with van der Waals surface area (Å²) in [5.41, 5.74) is 0. The summed E-state index contributed by atoms with van der Waals surface area (Å²) in [5, 5.41) is 17.9. The quantitative estimate of drug-likeness (QED) is 0.574. The third-order valence-corrected chi connectivity index (χ3v) is 2.69. The van der Waals surface area contributed by atoms with Crippen molar-refractivity contribution in [1.82, 2.24) is 0 Å². The number of rotatable bonds is 8. The van der Waals surface area contributed by atoms with Crippen LogP contribution < -0.4 is 0 Å². The summed E-state index contributed by atoms with van der Waals surface area (Å²) in [5.74, 6) is 0.467. The van der Waals surface area contributed by atoms with Gasteiger partial charge in [-0.05, 0) is 25.7 Å². The van der Waals surface area contributed by atoms with Gasteiger partial charge in [-0.3, -0.25) is 0 Å². The zero-order chi connectivity index (χ0) is 10.1. The fourth-order valence-electron chi connectivity index (χ4n) is 1.66. The predicted octanol–water partition coefficient (Wildman–Crippen LogP) is 2.34. The molecule has 0 saturated carbocycles. The highest BCUT2D eigenvalue weighted by atomic mass is 16.3. The van der Waals surface area contributed by atoms with E-state index in [9.17, 15) is 5.11 Å². The molecule has 0 bridgehead atoms. The maximum absolute atomic E-state index is 9.37. The lowest BCUT2D eigenvalue weighted by Crippen LogP contribution is -2.15. The van der Waals surface area contributed by atoms with Crippen molar-refractivity contribution in [1.29, 1.82) is 0 Å². The maximum atomic E-state index is 9.37. The average molecular weight is 188 g/mol. The van der Waals surface area contributed by atoms with Gasteiger partial charge in [-0.2, -0.15) is 0 Å². The van der Waals surface area contributed by atoms with E-state index in [0.29, 0.717) is 12.5 Å². The number of aliphatic hydroxyl groups is 2. The molecule has 0 radical (unpaired) electrons. The van der Waals surface area contributed by atoms with E-state index in [1.54, 1.807) is 0 Å². The van der Waals surface area contributed by atoms with Crippen molar-refractivity contribution in [3.05, 3.63) is 0 Å². The summed E-state index contributed by atoms with van der Waals surface area (Å²) >= 11 is 0. The van der Waals surface area contributed by atoms with Gasteiger partial charge in [0, 0.05) is 6.61 Å². The van der Waals surface area contributed by atoms with Crippen molar-refractivity contribution < 1.29 is 10.2 Å². The minimum atomic E-state index is -0.164. The standard InChI is InChI=1S/C11H24O2/c1-3-11(10(2)13)8-6-4-5-7-9-12/h10-13H,3-9H2,1-2H3. The number of unbranched alkanes of at least 4 members (excludes halogenated alkanes) is 3. The lowest BCUT2D eigenvalue weighted by Gasteiger charge is -2.17. The van der Waals surface area contributed by atoms with Crippen LogP contribution in [0.5, 0.6) is 0 Å². The molecule has 0 heterocycles. The monoisotopic (exact) mass is 188 g/mol. The second-order valence-electron chi connectivity index (χ2n) is 3.84. The van der Waals surface area contributed by atoms with Crippen LogP contribution in [-0.4, -0.2) is 22.9 Å². The minimum absolute atomic E-state index is 0.164. The van der Waals surface area contributed by atoms with Gasteiger partial charge in [0.1, 0.15) is 0 Å². The topological polar surface area (TPSA) is 40.5 Å². The molecular weight excluding hydrogens is 164 g/mol. The Bertz CT molecular complexity index is 102. The summed E-state index contributed by atoms with van der Waals surface area (Å²) in [4.78, 5) is 0. The predicted molar refractivity (Wildman–Crippen MR) is 55.6 cm³/mol. The summed E-state index contributed by atoms with van der Waals surface area (Å²) in [6.45, 7) is 4.32. The van der Waals surface area contributed by atoms with Crippen LogP contribution >= 0.6 is 0 Å². The Morgan fingerprint density at radius 1 is 1.08 bits per heavy atom. The molecule has 0 aromatic carbocycles. The van der Waals surface area contributed by atoms with E-state index in [1.165, 1.54) is 12.8 Å². The van der Waals surface area contributed by atoms with Crippen LogP contribution in [-0.2, 0) is 0 Å². The molecular formula is C11H24O2. The first-order valence-corrected chi connectivity index (χ1v) is 5.51. The van der Waals surface area contributed by atoms with Crippen molar-refractivity contribution in [2.45, 2.75) is 58.5 Å². The molecule has 0 saturated heterocycles. The van der Waals surface area contributed by atoms with Gasteiger partial charge in [0.15, 0.2) is 0 Å². The highest BCUT2D eigenvalue weighted by Gasteiger charge is 2.11. The zero-order valence-electron chi connectivity index (χ0n) is 9.00. The van der Waals surface area contributed by atoms with Crippen LogP contribution in [0.2, 0.25) is 0 Å². The first-order valence-electron chi connectivity index (χ1n) is 5.51. The van der Waals surface area contributed by atoms with Crippen molar-refractivity contribution in [3.63, 3.8) is 0 Å². The van der Waals surface area contributed by atoms with E-state index in [0.717, 1.165) is 25.7 Å². The number of hydrogen-bond donors (Lipinski definition) is 2. The molecule has 0 aliphatic carbocycles. The molecule has 80 valence electrons. The molecule has 0 aliphatic heterocycles. The summed E-state index contributed by atoms with van der Waals surface area (Å²) in [7, 11) is 0. The molecule has 2 atom stereocenters. The SMILES string of the molecule is CCC(CCCCCCO)C(C)O. The van der Waals surface area contributed by atoms with Gasteiger partial charge >= 0.3 is 0 Å². The largest absolute Gasteiger partial charge is 0.396 e. The average Bonchev–Trinajstić information content (AvgIpc) is 2.10. The Labute approximate surface area is 82.0 Å². The van der Waals surface area contributed by atoms with Gasteiger partial charge < -0.3 is 10.2 Å². The normalized spacial score (nSPS) is 15.7. The molecule has 0 spiro atoms. The minimum Gasteiger partial charge on any atom is -0.396 e. The van der Waals surface area contributed by atoms with Crippen LogP contribution in [0.4, 0.5) is 0 Å². The Kier molecular flexibility index (Phi) is 8.46. The van der Waals surface area contributed by atoms with E-state index in [-0.39, 0.29) is 6.10 Å². The van der Waals surface area contributed by atoms with E-state index in [4.69, 9.17) is 5.11 Å². The summed E-state index contributed by atoms with van der Waals surface area (Å²) < 4.78 is 0.